The standard InChI is InChI=1S/C13H27B2O6P/c1-10(2)18-8-13(7-15)21-22(16,17-5)19-9-12(6-14)20-11(3)4/h10-13H,6-9H2,1-5H3/t12-,13?,22?/m1/s1. The first-order valence-electron chi connectivity index (χ1n) is 7.42. The minimum atomic E-state index is -3.74. The van der Waals surface area contributed by atoms with E-state index in [4.69, 9.17) is 38.7 Å². The lowest BCUT2D eigenvalue weighted by Crippen LogP contribution is -2.25. The molecule has 0 aromatic rings. The number of hydrogen-bond acceptors (Lipinski definition) is 6. The summed E-state index contributed by atoms with van der Waals surface area (Å²) in [4.78, 5) is 0. The van der Waals surface area contributed by atoms with E-state index >= 15 is 0 Å². The van der Waals surface area contributed by atoms with Crippen LogP contribution in [0.25, 0.3) is 0 Å². The lowest BCUT2D eigenvalue weighted by Gasteiger charge is -2.25. The highest BCUT2D eigenvalue weighted by molar-refractivity contribution is 7.48. The molecule has 3 atom stereocenters. The predicted octanol–water partition coefficient (Wildman–Crippen LogP) is 2.53. The van der Waals surface area contributed by atoms with E-state index in [9.17, 15) is 4.57 Å². The summed E-state index contributed by atoms with van der Waals surface area (Å²) in [5.74, 6) is 0. The van der Waals surface area contributed by atoms with Crippen molar-refractivity contribution in [3.63, 3.8) is 0 Å². The SMILES string of the molecule is [B]CC(COC(C)C)OP(=O)(OC)OC[C@@H](C[B])OC(C)C. The molecule has 0 heterocycles. The fourth-order valence-electron chi connectivity index (χ4n) is 1.47. The first-order chi connectivity index (χ1) is 10.3. The molecule has 0 aromatic carbocycles. The van der Waals surface area contributed by atoms with Crippen molar-refractivity contribution < 1.29 is 27.6 Å². The maximum Gasteiger partial charge on any atom is 0.474 e. The van der Waals surface area contributed by atoms with Crippen LogP contribution in [0.5, 0.6) is 0 Å². The van der Waals surface area contributed by atoms with Crippen molar-refractivity contribution in [2.75, 3.05) is 20.3 Å². The third kappa shape index (κ3) is 10.0. The molecule has 22 heavy (non-hydrogen) atoms. The van der Waals surface area contributed by atoms with E-state index in [2.05, 4.69) is 0 Å². The second-order valence-electron chi connectivity index (χ2n) is 5.31. The van der Waals surface area contributed by atoms with E-state index in [1.54, 1.807) is 0 Å². The van der Waals surface area contributed by atoms with E-state index in [1.807, 2.05) is 27.7 Å². The summed E-state index contributed by atoms with van der Waals surface area (Å²) in [5, 5.41) is 0. The molecule has 0 N–H and O–H groups in total. The Morgan fingerprint density at radius 2 is 1.55 bits per heavy atom. The topological polar surface area (TPSA) is 63.2 Å². The van der Waals surface area contributed by atoms with Crippen LogP contribution < -0.4 is 0 Å². The van der Waals surface area contributed by atoms with Gasteiger partial charge in [0.1, 0.15) is 0 Å². The van der Waals surface area contributed by atoms with E-state index in [0.717, 1.165) is 0 Å². The molecule has 0 spiro atoms. The number of phosphoric acid groups is 1. The van der Waals surface area contributed by atoms with Crippen LogP contribution in [0.1, 0.15) is 27.7 Å². The van der Waals surface area contributed by atoms with Gasteiger partial charge in [0.25, 0.3) is 0 Å². The van der Waals surface area contributed by atoms with Gasteiger partial charge in [-0.05, 0) is 27.7 Å². The first-order valence-corrected chi connectivity index (χ1v) is 8.88. The normalized spacial score (nSPS) is 17.6. The molecule has 0 bridgehead atoms. The molecule has 9 heteroatoms. The second-order valence-corrected chi connectivity index (χ2v) is 7.04. The summed E-state index contributed by atoms with van der Waals surface area (Å²) < 4.78 is 38.8. The highest BCUT2D eigenvalue weighted by Gasteiger charge is 2.30. The molecule has 0 aliphatic rings. The lowest BCUT2D eigenvalue weighted by atomic mass is 10.00. The largest absolute Gasteiger partial charge is 0.474 e. The van der Waals surface area contributed by atoms with Crippen LogP contribution in [-0.2, 0) is 27.6 Å². The summed E-state index contributed by atoms with van der Waals surface area (Å²) in [7, 11) is 8.68. The smallest absolute Gasteiger partial charge is 0.376 e. The third-order valence-electron chi connectivity index (χ3n) is 2.53. The summed E-state index contributed by atoms with van der Waals surface area (Å²) >= 11 is 0. The summed E-state index contributed by atoms with van der Waals surface area (Å²) in [6.45, 7) is 7.73. The van der Waals surface area contributed by atoms with Gasteiger partial charge in [-0.25, -0.2) is 4.57 Å². The molecule has 126 valence electrons. The lowest BCUT2D eigenvalue weighted by molar-refractivity contribution is -0.0262. The van der Waals surface area contributed by atoms with Gasteiger partial charge in [0.15, 0.2) is 0 Å². The Morgan fingerprint density at radius 1 is 0.955 bits per heavy atom. The molecule has 0 aliphatic heterocycles. The zero-order chi connectivity index (χ0) is 17.2. The number of rotatable bonds is 13. The van der Waals surface area contributed by atoms with Crippen molar-refractivity contribution >= 4 is 23.5 Å². The maximum absolute atomic E-state index is 12.4. The van der Waals surface area contributed by atoms with Crippen LogP contribution in [0.3, 0.4) is 0 Å². The summed E-state index contributed by atoms with van der Waals surface area (Å²) in [5.41, 5.74) is 0. The van der Waals surface area contributed by atoms with Crippen LogP contribution in [0, 0.1) is 0 Å². The van der Waals surface area contributed by atoms with Crippen LogP contribution in [-0.4, -0.2) is 60.4 Å². The predicted molar refractivity (Wildman–Crippen MR) is 87.7 cm³/mol. The molecular weight excluding hydrogens is 305 g/mol. The molecule has 0 fully saturated rings. The summed E-state index contributed by atoms with van der Waals surface area (Å²) in [6.07, 6.45) is -0.617. The first kappa shape index (κ1) is 22.2. The molecule has 0 saturated carbocycles. The molecule has 2 unspecified atom stereocenters. The average molecular weight is 332 g/mol. The van der Waals surface area contributed by atoms with Crippen molar-refractivity contribution in [3.05, 3.63) is 0 Å². The van der Waals surface area contributed by atoms with Crippen LogP contribution in [0.2, 0.25) is 12.6 Å². The Hall–Kier alpha value is 0.160. The third-order valence-corrected chi connectivity index (χ3v) is 4.00. The molecular formula is C13H27B2O6P. The average Bonchev–Trinajstić information content (AvgIpc) is 2.47. The fourth-order valence-corrected chi connectivity index (χ4v) is 2.59. The van der Waals surface area contributed by atoms with E-state index in [1.165, 1.54) is 7.11 Å². The van der Waals surface area contributed by atoms with E-state index in [-0.39, 0.29) is 38.1 Å². The zero-order valence-electron chi connectivity index (χ0n) is 14.2. The molecule has 0 aliphatic carbocycles. The Labute approximate surface area is 137 Å². The van der Waals surface area contributed by atoms with Gasteiger partial charge in [0.05, 0.1) is 53.3 Å². The van der Waals surface area contributed by atoms with E-state index in [0.29, 0.717) is 0 Å². The van der Waals surface area contributed by atoms with Crippen molar-refractivity contribution in [2.45, 2.75) is 64.8 Å². The Morgan fingerprint density at radius 3 is 1.95 bits per heavy atom. The molecule has 6 nitrogen and oxygen atoms in total. The van der Waals surface area contributed by atoms with Crippen molar-refractivity contribution in [3.8, 4) is 0 Å². The Kier molecular flexibility index (Phi) is 11.7. The van der Waals surface area contributed by atoms with Gasteiger partial charge < -0.3 is 9.47 Å². The van der Waals surface area contributed by atoms with Crippen LogP contribution >= 0.6 is 7.82 Å². The van der Waals surface area contributed by atoms with Gasteiger partial charge in [-0.15, -0.1) is 0 Å². The number of hydrogen-bond donors (Lipinski definition) is 0. The molecule has 4 radical (unpaired) electrons. The fraction of sp³-hybridized carbons (Fsp3) is 1.00. The van der Waals surface area contributed by atoms with Crippen LogP contribution in [0.4, 0.5) is 0 Å². The minimum Gasteiger partial charge on any atom is -0.376 e. The molecule has 0 amide bonds. The highest BCUT2D eigenvalue weighted by Crippen LogP contribution is 2.50. The molecule has 0 saturated heterocycles. The van der Waals surface area contributed by atoms with Crippen molar-refractivity contribution in [2.24, 2.45) is 0 Å². The van der Waals surface area contributed by atoms with Crippen molar-refractivity contribution in [1.82, 2.24) is 0 Å². The van der Waals surface area contributed by atoms with Gasteiger partial charge in [0.2, 0.25) is 0 Å². The highest BCUT2D eigenvalue weighted by atomic mass is 31.2. The quantitative estimate of drug-likeness (QED) is 0.382. The van der Waals surface area contributed by atoms with Crippen molar-refractivity contribution in [1.29, 1.82) is 0 Å². The second kappa shape index (κ2) is 11.7. The maximum atomic E-state index is 12.4. The number of phosphoric ester groups is 1. The summed E-state index contributed by atoms with van der Waals surface area (Å²) in [6, 6.07) is 0. The molecule has 0 rings (SSSR count). The zero-order valence-corrected chi connectivity index (χ0v) is 15.1. The monoisotopic (exact) mass is 332 g/mol. The number of ether oxygens (including phenoxy) is 2. The van der Waals surface area contributed by atoms with Gasteiger partial charge in [-0.2, -0.15) is 0 Å². The van der Waals surface area contributed by atoms with Gasteiger partial charge in [-0.1, -0.05) is 12.6 Å². The van der Waals surface area contributed by atoms with Gasteiger partial charge >= 0.3 is 7.82 Å². The Bertz CT molecular complexity index is 330. The van der Waals surface area contributed by atoms with Crippen LogP contribution in [0.15, 0.2) is 0 Å². The van der Waals surface area contributed by atoms with E-state index < -0.39 is 20.0 Å². The van der Waals surface area contributed by atoms with Gasteiger partial charge in [0, 0.05) is 7.11 Å². The Balaban J connectivity index is 4.50. The molecule has 0 aromatic heterocycles. The van der Waals surface area contributed by atoms with Gasteiger partial charge in [-0.3, -0.25) is 13.6 Å². The minimum absolute atomic E-state index is 0.00211.